The third-order valence-corrected chi connectivity index (χ3v) is 5.32. The molecule has 2 aromatic heterocycles. The van der Waals surface area contributed by atoms with Gasteiger partial charge in [0, 0.05) is 6.61 Å². The zero-order chi connectivity index (χ0) is 23.0. The first-order chi connectivity index (χ1) is 15.3. The summed E-state index contributed by atoms with van der Waals surface area (Å²) in [5.74, 6) is -3.05. The lowest BCUT2D eigenvalue weighted by Crippen LogP contribution is -2.39. The zero-order valence-corrected chi connectivity index (χ0v) is 17.1. The first-order valence-corrected chi connectivity index (χ1v) is 9.97. The van der Waals surface area contributed by atoms with E-state index in [0.29, 0.717) is 24.5 Å². The molecular formula is C17H20ClN5O9. The molecule has 0 amide bonds. The Balaban J connectivity index is 1.55. The minimum absolute atomic E-state index is 0.0161. The number of nitrogens with zero attached hydrogens (tertiary/aromatic N) is 4. The standard InChI is InChI=1S/C17H20ClN5O9/c18-17-21-12(20-6-1-2-30-3-6)8-13(22-17)23(5-19-8)14-10(25)9(24)7(32-14)4-31-11(15(26)27)16(28)29/h5-7,9-11,14,24-25H,1-4H2,(H,26,27)(H,28,29)(H,20,21,22)/t6-,7-,9+,10-,14-/m1/s1. The highest BCUT2D eigenvalue weighted by molar-refractivity contribution is 6.28. The number of anilines is 1. The average molecular weight is 474 g/mol. The number of aliphatic hydroxyl groups excluding tert-OH is 2. The zero-order valence-electron chi connectivity index (χ0n) is 16.4. The molecule has 0 bridgehead atoms. The Hall–Kier alpha value is -2.62. The van der Waals surface area contributed by atoms with E-state index >= 15 is 0 Å². The van der Waals surface area contributed by atoms with Crippen LogP contribution in [0.15, 0.2) is 6.33 Å². The van der Waals surface area contributed by atoms with Crippen molar-refractivity contribution >= 4 is 40.5 Å². The van der Waals surface area contributed by atoms with Gasteiger partial charge in [-0.3, -0.25) is 4.57 Å². The predicted molar refractivity (Wildman–Crippen MR) is 104 cm³/mol. The lowest BCUT2D eigenvalue weighted by molar-refractivity contribution is -0.170. The molecule has 5 atom stereocenters. The van der Waals surface area contributed by atoms with Crippen LogP contribution in [0.5, 0.6) is 0 Å². The highest BCUT2D eigenvalue weighted by Crippen LogP contribution is 2.33. The van der Waals surface area contributed by atoms with E-state index in [1.54, 1.807) is 0 Å². The van der Waals surface area contributed by atoms with Gasteiger partial charge < -0.3 is 40.0 Å². The number of aliphatic carboxylic acids is 2. The smallest absolute Gasteiger partial charge is 0.344 e. The molecule has 0 spiro atoms. The van der Waals surface area contributed by atoms with E-state index in [2.05, 4.69) is 20.3 Å². The second-order valence-electron chi connectivity index (χ2n) is 7.31. The first-order valence-electron chi connectivity index (χ1n) is 9.59. The number of aliphatic hydroxyl groups is 2. The summed E-state index contributed by atoms with van der Waals surface area (Å²) >= 11 is 6.06. The van der Waals surface area contributed by atoms with E-state index in [1.807, 2.05) is 0 Å². The Morgan fingerprint density at radius 2 is 2.03 bits per heavy atom. The van der Waals surface area contributed by atoms with Crippen LogP contribution < -0.4 is 5.32 Å². The number of nitrogens with one attached hydrogen (secondary N) is 1. The van der Waals surface area contributed by atoms with Gasteiger partial charge in [-0.2, -0.15) is 9.97 Å². The summed E-state index contributed by atoms with van der Waals surface area (Å²) in [5.41, 5.74) is 0.571. The third kappa shape index (κ3) is 4.32. The van der Waals surface area contributed by atoms with Crippen molar-refractivity contribution < 1.29 is 44.2 Å². The number of hydrogen-bond donors (Lipinski definition) is 5. The van der Waals surface area contributed by atoms with E-state index in [-0.39, 0.29) is 17.0 Å². The number of halogens is 1. The molecule has 0 saturated carbocycles. The second kappa shape index (κ2) is 9.09. The molecule has 2 aliphatic heterocycles. The number of rotatable bonds is 8. The van der Waals surface area contributed by atoms with Crippen LogP contribution in [-0.4, -0.2) is 102 Å². The third-order valence-electron chi connectivity index (χ3n) is 5.15. The van der Waals surface area contributed by atoms with E-state index in [1.165, 1.54) is 10.9 Å². The lowest BCUT2D eigenvalue weighted by atomic mass is 10.1. The van der Waals surface area contributed by atoms with Crippen molar-refractivity contribution in [3.63, 3.8) is 0 Å². The topological polar surface area (TPSA) is 198 Å². The normalized spacial score (nSPS) is 27.9. The molecule has 0 radical (unpaired) electrons. The van der Waals surface area contributed by atoms with E-state index < -0.39 is 49.2 Å². The number of ether oxygens (including phenoxy) is 3. The van der Waals surface area contributed by atoms with Gasteiger partial charge in [0.1, 0.15) is 18.3 Å². The summed E-state index contributed by atoms with van der Waals surface area (Å²) in [6.07, 6.45) is -5.39. The molecule has 15 heteroatoms. The van der Waals surface area contributed by atoms with Crippen LogP contribution in [-0.2, 0) is 23.8 Å². The van der Waals surface area contributed by atoms with Gasteiger partial charge in [0.15, 0.2) is 23.2 Å². The monoisotopic (exact) mass is 473 g/mol. The van der Waals surface area contributed by atoms with Crippen LogP contribution in [0.1, 0.15) is 12.6 Å². The molecule has 5 N–H and O–H groups in total. The molecular weight excluding hydrogens is 454 g/mol. The number of fused-ring (bicyclic) bond motifs is 1. The van der Waals surface area contributed by atoms with Crippen molar-refractivity contribution in [1.29, 1.82) is 0 Å². The number of imidazole rings is 1. The number of aromatic nitrogens is 4. The van der Waals surface area contributed by atoms with E-state index in [0.717, 1.165) is 6.42 Å². The van der Waals surface area contributed by atoms with Crippen molar-refractivity contribution in [2.75, 3.05) is 25.1 Å². The molecule has 4 rings (SSSR count). The minimum atomic E-state index is -2.14. The van der Waals surface area contributed by atoms with Crippen molar-refractivity contribution in [1.82, 2.24) is 19.5 Å². The van der Waals surface area contributed by atoms with Gasteiger partial charge in [-0.05, 0) is 18.0 Å². The average Bonchev–Trinajstić information content (AvgIpc) is 3.44. The Labute approximate surface area is 184 Å². The fourth-order valence-electron chi connectivity index (χ4n) is 3.55. The fourth-order valence-corrected chi connectivity index (χ4v) is 3.72. The summed E-state index contributed by atoms with van der Waals surface area (Å²) in [5, 5.41) is 41.7. The minimum Gasteiger partial charge on any atom is -0.479 e. The molecule has 2 aromatic rings. The van der Waals surface area contributed by atoms with Crippen LogP contribution in [0.25, 0.3) is 11.2 Å². The number of hydrogen-bond acceptors (Lipinski definition) is 11. The van der Waals surface area contributed by atoms with Crippen molar-refractivity contribution in [2.45, 2.75) is 43.1 Å². The summed E-state index contributed by atoms with van der Waals surface area (Å²) in [4.78, 5) is 34.5. The van der Waals surface area contributed by atoms with Crippen LogP contribution in [0.2, 0.25) is 5.28 Å². The highest BCUT2D eigenvalue weighted by Gasteiger charge is 2.45. The molecule has 4 heterocycles. The van der Waals surface area contributed by atoms with Crippen molar-refractivity contribution in [2.24, 2.45) is 0 Å². The maximum Gasteiger partial charge on any atom is 0.344 e. The highest BCUT2D eigenvalue weighted by atomic mass is 35.5. The van der Waals surface area contributed by atoms with Gasteiger partial charge in [-0.15, -0.1) is 0 Å². The molecule has 2 fully saturated rings. The van der Waals surface area contributed by atoms with Crippen LogP contribution in [0.4, 0.5) is 5.82 Å². The van der Waals surface area contributed by atoms with Gasteiger partial charge in [0.2, 0.25) is 5.28 Å². The van der Waals surface area contributed by atoms with Gasteiger partial charge in [0.05, 0.1) is 25.6 Å². The molecule has 0 aliphatic carbocycles. The van der Waals surface area contributed by atoms with Crippen molar-refractivity contribution in [3.05, 3.63) is 11.6 Å². The summed E-state index contributed by atoms with van der Waals surface area (Å²) in [7, 11) is 0. The van der Waals surface area contributed by atoms with Gasteiger partial charge in [-0.1, -0.05) is 0 Å². The van der Waals surface area contributed by atoms with Gasteiger partial charge >= 0.3 is 11.9 Å². The Morgan fingerprint density at radius 1 is 1.28 bits per heavy atom. The largest absolute Gasteiger partial charge is 0.479 e. The van der Waals surface area contributed by atoms with E-state index in [4.69, 9.17) is 36.0 Å². The van der Waals surface area contributed by atoms with Gasteiger partial charge in [-0.25, -0.2) is 14.6 Å². The first kappa shape index (κ1) is 22.6. The maximum atomic E-state index is 11.0. The Bertz CT molecular complexity index is 1000. The molecule has 0 unspecified atom stereocenters. The van der Waals surface area contributed by atoms with Crippen LogP contribution >= 0.6 is 11.6 Å². The van der Waals surface area contributed by atoms with Crippen molar-refractivity contribution in [3.8, 4) is 0 Å². The molecule has 0 aromatic carbocycles. The van der Waals surface area contributed by atoms with E-state index in [9.17, 15) is 19.8 Å². The maximum absolute atomic E-state index is 11.0. The summed E-state index contributed by atoms with van der Waals surface area (Å²) < 4.78 is 17.2. The molecule has 174 valence electrons. The summed E-state index contributed by atoms with van der Waals surface area (Å²) in [6.45, 7) is 0.521. The Kier molecular flexibility index (Phi) is 6.41. The van der Waals surface area contributed by atoms with Crippen LogP contribution in [0, 0.1) is 0 Å². The van der Waals surface area contributed by atoms with Crippen LogP contribution in [0.3, 0.4) is 0 Å². The number of carboxylic acids is 2. The van der Waals surface area contributed by atoms with Gasteiger partial charge in [0.25, 0.3) is 6.10 Å². The molecule has 14 nitrogen and oxygen atoms in total. The molecule has 32 heavy (non-hydrogen) atoms. The quantitative estimate of drug-likeness (QED) is 0.228. The Morgan fingerprint density at radius 3 is 2.69 bits per heavy atom. The molecule has 2 aliphatic rings. The second-order valence-corrected chi connectivity index (χ2v) is 7.64. The SMILES string of the molecule is O=C(O)C(OC[C@H]1O[C@@H](n2cnc3c(N[C@@H]4CCOC4)nc(Cl)nc32)[C@H](O)[C@H]1O)C(=O)O. The fraction of sp³-hybridized carbons (Fsp3) is 0.588. The number of carbonyl (C=O) groups is 2. The predicted octanol–water partition coefficient (Wildman–Crippen LogP) is -1.15. The summed E-state index contributed by atoms with van der Waals surface area (Å²) in [6, 6.07) is 0.0161. The lowest BCUT2D eigenvalue weighted by Gasteiger charge is -2.17. The number of carboxylic acid groups (broad SMARTS) is 2. The molecule has 2 saturated heterocycles.